The second-order valence-corrected chi connectivity index (χ2v) is 5.96. The molecule has 0 atom stereocenters. The summed E-state index contributed by atoms with van der Waals surface area (Å²) < 4.78 is 37.1. The van der Waals surface area contributed by atoms with Crippen LogP contribution in [-0.4, -0.2) is 53.1 Å². The molecule has 0 aliphatic heterocycles. The fourth-order valence-electron chi connectivity index (χ4n) is 1.39. The van der Waals surface area contributed by atoms with E-state index < -0.39 is 11.1 Å². The standard InChI is InChI=1S/C11H16ClF3N4OS/c1-18(2)4-5-19-10(20)9(12)8(7-17-19)16-3-6-21-11(13,14)15/h7,16H,3-6H2,1-2H3. The maximum Gasteiger partial charge on any atom is 0.441 e. The summed E-state index contributed by atoms with van der Waals surface area (Å²) in [7, 11) is 3.72. The number of alkyl halides is 3. The van der Waals surface area contributed by atoms with Crippen LogP contribution in [0.15, 0.2) is 11.0 Å². The molecule has 1 rings (SSSR count). The maximum absolute atomic E-state index is 12.0. The van der Waals surface area contributed by atoms with Gasteiger partial charge in [0.1, 0.15) is 5.02 Å². The number of anilines is 1. The number of nitrogens with one attached hydrogen (secondary N) is 1. The van der Waals surface area contributed by atoms with Crippen molar-refractivity contribution < 1.29 is 13.2 Å². The van der Waals surface area contributed by atoms with E-state index in [1.54, 1.807) is 0 Å². The first-order chi connectivity index (χ1) is 9.70. The zero-order valence-corrected chi connectivity index (χ0v) is 13.1. The largest absolute Gasteiger partial charge is 0.441 e. The number of aromatic nitrogens is 2. The summed E-state index contributed by atoms with van der Waals surface area (Å²) in [6, 6.07) is 0. The molecule has 0 bridgehead atoms. The van der Waals surface area contributed by atoms with Crippen LogP contribution in [0.4, 0.5) is 18.9 Å². The molecule has 120 valence electrons. The van der Waals surface area contributed by atoms with E-state index in [2.05, 4.69) is 10.4 Å². The molecule has 0 fully saturated rings. The lowest BCUT2D eigenvalue weighted by atomic mass is 10.4. The third-order valence-electron chi connectivity index (χ3n) is 2.43. The summed E-state index contributed by atoms with van der Waals surface area (Å²) in [4.78, 5) is 13.8. The van der Waals surface area contributed by atoms with E-state index in [1.807, 2.05) is 19.0 Å². The molecule has 5 nitrogen and oxygen atoms in total. The van der Waals surface area contributed by atoms with Crippen molar-refractivity contribution in [2.45, 2.75) is 12.1 Å². The predicted molar refractivity (Wildman–Crippen MR) is 79.1 cm³/mol. The molecule has 1 aromatic rings. The molecule has 0 amide bonds. The van der Waals surface area contributed by atoms with Gasteiger partial charge in [-0.15, -0.1) is 0 Å². The van der Waals surface area contributed by atoms with E-state index in [4.69, 9.17) is 11.6 Å². The molecule has 0 aliphatic rings. The number of thioether (sulfide) groups is 1. The number of hydrogen-bond donors (Lipinski definition) is 1. The Bertz CT molecular complexity index is 521. The van der Waals surface area contributed by atoms with Gasteiger partial charge in [-0.2, -0.15) is 18.3 Å². The van der Waals surface area contributed by atoms with Crippen molar-refractivity contribution in [1.82, 2.24) is 14.7 Å². The lowest BCUT2D eigenvalue weighted by molar-refractivity contribution is -0.0327. The second-order valence-electron chi connectivity index (χ2n) is 4.42. The third kappa shape index (κ3) is 6.58. The summed E-state index contributed by atoms with van der Waals surface area (Å²) in [5, 5.41) is 6.55. The van der Waals surface area contributed by atoms with E-state index in [9.17, 15) is 18.0 Å². The molecule has 10 heteroatoms. The molecule has 21 heavy (non-hydrogen) atoms. The number of halogens is 4. The first-order valence-corrected chi connectivity index (χ1v) is 7.42. The van der Waals surface area contributed by atoms with Crippen LogP contribution in [-0.2, 0) is 6.54 Å². The van der Waals surface area contributed by atoms with Crippen molar-refractivity contribution in [2.75, 3.05) is 38.3 Å². The maximum atomic E-state index is 12.0. The van der Waals surface area contributed by atoms with Gasteiger partial charge in [0.2, 0.25) is 0 Å². The fraction of sp³-hybridized carbons (Fsp3) is 0.636. The minimum atomic E-state index is -4.26. The van der Waals surface area contributed by atoms with Gasteiger partial charge in [-0.25, -0.2) is 4.68 Å². The molecule has 1 N–H and O–H groups in total. The molecule has 1 aromatic heterocycles. The highest BCUT2D eigenvalue weighted by Crippen LogP contribution is 2.29. The average molecular weight is 345 g/mol. The van der Waals surface area contributed by atoms with E-state index in [0.29, 0.717) is 13.1 Å². The number of rotatable bonds is 7. The molecule has 0 saturated carbocycles. The number of likely N-dealkylation sites (N-methyl/N-ethyl adjacent to an activating group) is 1. The summed E-state index contributed by atoms with van der Waals surface area (Å²) in [6.45, 7) is 1.04. The van der Waals surface area contributed by atoms with E-state index in [-0.39, 0.29) is 34.8 Å². The van der Waals surface area contributed by atoms with E-state index in [1.165, 1.54) is 10.9 Å². The van der Waals surface area contributed by atoms with Crippen molar-refractivity contribution in [1.29, 1.82) is 0 Å². The van der Waals surface area contributed by atoms with Crippen molar-refractivity contribution in [3.8, 4) is 0 Å². The Morgan fingerprint density at radius 1 is 1.48 bits per heavy atom. The predicted octanol–water partition coefficient (Wildman–Crippen LogP) is 2.12. The van der Waals surface area contributed by atoms with E-state index in [0.717, 1.165) is 0 Å². The first-order valence-electron chi connectivity index (χ1n) is 6.05. The number of hydrogen-bond acceptors (Lipinski definition) is 5. The summed E-state index contributed by atoms with van der Waals surface area (Å²) in [5.41, 5.74) is -4.49. The van der Waals surface area contributed by atoms with Crippen LogP contribution in [0.25, 0.3) is 0 Å². The zero-order chi connectivity index (χ0) is 16.0. The summed E-state index contributed by atoms with van der Waals surface area (Å²) in [6.07, 6.45) is 1.34. The van der Waals surface area contributed by atoms with Crippen LogP contribution in [0.5, 0.6) is 0 Å². The lowest BCUT2D eigenvalue weighted by Gasteiger charge is -2.12. The normalized spacial score (nSPS) is 12.0. The lowest BCUT2D eigenvalue weighted by Crippen LogP contribution is -2.29. The van der Waals surface area contributed by atoms with Crippen molar-refractivity contribution in [2.24, 2.45) is 0 Å². The minimum Gasteiger partial charge on any atom is -0.382 e. The second kappa shape index (κ2) is 7.90. The Balaban J connectivity index is 2.61. The van der Waals surface area contributed by atoms with Gasteiger partial charge < -0.3 is 10.2 Å². The van der Waals surface area contributed by atoms with Gasteiger partial charge in [0, 0.05) is 18.8 Å². The molecule has 0 radical (unpaired) electrons. The first kappa shape index (κ1) is 18.1. The minimum absolute atomic E-state index is 0.0345. The Labute approximate surface area is 129 Å². The van der Waals surface area contributed by atoms with Gasteiger partial charge in [-0.3, -0.25) is 4.79 Å². The Morgan fingerprint density at radius 2 is 2.14 bits per heavy atom. The van der Waals surface area contributed by atoms with Crippen LogP contribution in [0.3, 0.4) is 0 Å². The quantitative estimate of drug-likeness (QED) is 0.768. The summed E-state index contributed by atoms with van der Waals surface area (Å²) in [5.74, 6) is -0.177. The van der Waals surface area contributed by atoms with Crippen molar-refractivity contribution in [3.05, 3.63) is 21.6 Å². The van der Waals surface area contributed by atoms with Crippen molar-refractivity contribution in [3.63, 3.8) is 0 Å². The molecule has 0 spiro atoms. The third-order valence-corrected chi connectivity index (χ3v) is 3.53. The van der Waals surface area contributed by atoms with Crippen LogP contribution >= 0.6 is 23.4 Å². The highest BCUT2D eigenvalue weighted by molar-refractivity contribution is 8.00. The topological polar surface area (TPSA) is 50.2 Å². The van der Waals surface area contributed by atoms with Crippen LogP contribution in [0, 0.1) is 0 Å². The highest BCUT2D eigenvalue weighted by atomic mass is 35.5. The Morgan fingerprint density at radius 3 is 2.71 bits per heavy atom. The smallest absolute Gasteiger partial charge is 0.382 e. The molecular weight excluding hydrogens is 329 g/mol. The highest BCUT2D eigenvalue weighted by Gasteiger charge is 2.27. The molecule has 0 aromatic carbocycles. The van der Waals surface area contributed by atoms with Gasteiger partial charge >= 0.3 is 5.51 Å². The van der Waals surface area contributed by atoms with Gasteiger partial charge in [-0.1, -0.05) is 11.6 Å². The van der Waals surface area contributed by atoms with Gasteiger partial charge in [0.25, 0.3) is 5.56 Å². The van der Waals surface area contributed by atoms with Gasteiger partial charge in [-0.05, 0) is 25.9 Å². The molecule has 1 heterocycles. The van der Waals surface area contributed by atoms with Crippen LogP contribution in [0.1, 0.15) is 0 Å². The fourth-order valence-corrected chi connectivity index (χ4v) is 2.04. The van der Waals surface area contributed by atoms with Gasteiger partial charge in [0.05, 0.1) is 18.4 Å². The average Bonchev–Trinajstić information content (AvgIpc) is 2.37. The number of nitrogens with zero attached hydrogens (tertiary/aromatic N) is 3. The Kier molecular flexibility index (Phi) is 6.82. The van der Waals surface area contributed by atoms with Crippen molar-refractivity contribution >= 4 is 29.1 Å². The van der Waals surface area contributed by atoms with Crippen LogP contribution in [0.2, 0.25) is 5.02 Å². The monoisotopic (exact) mass is 344 g/mol. The molecule has 0 unspecified atom stereocenters. The molecular formula is C11H16ClF3N4OS. The molecule has 0 saturated heterocycles. The zero-order valence-electron chi connectivity index (χ0n) is 11.6. The van der Waals surface area contributed by atoms with E-state index >= 15 is 0 Å². The molecule has 0 aliphatic carbocycles. The van der Waals surface area contributed by atoms with Crippen LogP contribution < -0.4 is 10.9 Å². The Hall–Kier alpha value is -0.930. The SMILES string of the molecule is CN(C)CCn1ncc(NCCSC(F)(F)F)c(Cl)c1=O. The van der Waals surface area contributed by atoms with Gasteiger partial charge in [0.15, 0.2) is 0 Å². The summed E-state index contributed by atoms with van der Waals surface area (Å²) >= 11 is 5.77.